The number of ether oxygens (including phenoxy) is 2. The highest BCUT2D eigenvalue weighted by molar-refractivity contribution is 7.89. The van der Waals surface area contributed by atoms with Crippen LogP contribution in [0.15, 0.2) is 40.6 Å². The lowest BCUT2D eigenvalue weighted by Crippen LogP contribution is -2.30. The molecule has 9 heteroatoms. The Balaban J connectivity index is 2.07. The number of esters is 2. The summed E-state index contributed by atoms with van der Waals surface area (Å²) in [6.07, 6.45) is 1.46. The molecule has 1 atom stereocenters. The highest BCUT2D eigenvalue weighted by Gasteiger charge is 2.37. The first kappa shape index (κ1) is 19.5. The lowest BCUT2D eigenvalue weighted by Gasteiger charge is -2.23. The molecule has 0 spiro atoms. The van der Waals surface area contributed by atoms with Crippen LogP contribution in [0.2, 0.25) is 0 Å². The Morgan fingerprint density at radius 2 is 1.74 bits per heavy atom. The number of methoxy groups -OCH3 is 2. The molecule has 2 aromatic rings. The molecule has 1 aromatic heterocycles. The van der Waals surface area contributed by atoms with Crippen molar-refractivity contribution in [2.75, 3.05) is 20.8 Å². The van der Waals surface area contributed by atoms with Crippen LogP contribution in [0, 0.1) is 0 Å². The molecule has 7 nitrogen and oxygen atoms in total. The molecular weight excluding hydrogens is 390 g/mol. The van der Waals surface area contributed by atoms with Gasteiger partial charge in [-0.1, -0.05) is 6.07 Å². The normalized spacial score (nSPS) is 17.6. The van der Waals surface area contributed by atoms with Crippen molar-refractivity contribution in [1.29, 1.82) is 0 Å². The maximum atomic E-state index is 13.3. The van der Waals surface area contributed by atoms with Crippen LogP contribution in [0.3, 0.4) is 0 Å². The van der Waals surface area contributed by atoms with E-state index in [4.69, 9.17) is 0 Å². The van der Waals surface area contributed by atoms with Gasteiger partial charge in [0.15, 0.2) is 0 Å². The van der Waals surface area contributed by atoms with Crippen molar-refractivity contribution in [2.45, 2.75) is 23.8 Å². The molecule has 3 rings (SSSR count). The second-order valence-electron chi connectivity index (χ2n) is 6.02. The van der Waals surface area contributed by atoms with E-state index in [9.17, 15) is 18.0 Å². The molecule has 0 amide bonds. The molecular formula is C18H19NO6S2. The van der Waals surface area contributed by atoms with Gasteiger partial charge in [0.1, 0.15) is 0 Å². The average Bonchev–Trinajstić information content (AvgIpc) is 3.37. The van der Waals surface area contributed by atoms with Crippen molar-refractivity contribution in [3.8, 4) is 0 Å². The van der Waals surface area contributed by atoms with Crippen molar-refractivity contribution >= 4 is 33.3 Å². The van der Waals surface area contributed by atoms with E-state index in [0.717, 1.165) is 17.7 Å². The van der Waals surface area contributed by atoms with Gasteiger partial charge in [0.2, 0.25) is 10.0 Å². The van der Waals surface area contributed by atoms with Gasteiger partial charge in [-0.25, -0.2) is 18.0 Å². The van der Waals surface area contributed by atoms with Gasteiger partial charge in [-0.2, -0.15) is 4.31 Å². The fourth-order valence-corrected chi connectivity index (χ4v) is 5.83. The summed E-state index contributed by atoms with van der Waals surface area (Å²) in [5.74, 6) is -1.46. The van der Waals surface area contributed by atoms with Gasteiger partial charge in [-0.05, 0) is 42.5 Å². The fourth-order valence-electron chi connectivity index (χ4n) is 3.15. The third-order valence-electron chi connectivity index (χ3n) is 4.43. The van der Waals surface area contributed by atoms with Crippen LogP contribution in [0.4, 0.5) is 0 Å². The van der Waals surface area contributed by atoms with Crippen LogP contribution in [-0.4, -0.2) is 45.4 Å². The number of sulfonamides is 1. The first-order chi connectivity index (χ1) is 12.9. The summed E-state index contributed by atoms with van der Waals surface area (Å²) in [5, 5.41) is 1.91. The van der Waals surface area contributed by atoms with Crippen LogP contribution in [0.25, 0.3) is 0 Å². The topological polar surface area (TPSA) is 90.0 Å². The Labute approximate surface area is 161 Å². The van der Waals surface area contributed by atoms with Gasteiger partial charge < -0.3 is 9.47 Å². The van der Waals surface area contributed by atoms with Gasteiger partial charge in [-0.15, -0.1) is 11.3 Å². The highest BCUT2D eigenvalue weighted by Crippen LogP contribution is 2.38. The predicted molar refractivity (Wildman–Crippen MR) is 99.3 cm³/mol. The molecule has 144 valence electrons. The molecule has 1 unspecified atom stereocenters. The lowest BCUT2D eigenvalue weighted by molar-refractivity contribution is 0.0598. The largest absolute Gasteiger partial charge is 0.465 e. The van der Waals surface area contributed by atoms with E-state index in [2.05, 4.69) is 9.47 Å². The van der Waals surface area contributed by atoms with Gasteiger partial charge in [0.05, 0.1) is 36.3 Å². The SMILES string of the molecule is COC(=O)c1cc(C(=O)OC)cc(S(=O)(=O)N2CCCC2c2cccs2)c1. The van der Waals surface area contributed by atoms with E-state index < -0.39 is 22.0 Å². The average molecular weight is 409 g/mol. The molecule has 1 aromatic carbocycles. The summed E-state index contributed by atoms with van der Waals surface area (Å²) >= 11 is 1.50. The molecule has 1 aliphatic rings. The molecule has 0 saturated carbocycles. The third kappa shape index (κ3) is 3.76. The first-order valence-electron chi connectivity index (χ1n) is 8.25. The van der Waals surface area contributed by atoms with E-state index in [1.165, 1.54) is 48.1 Å². The minimum Gasteiger partial charge on any atom is -0.465 e. The van der Waals surface area contributed by atoms with Gasteiger partial charge in [-0.3, -0.25) is 0 Å². The fraction of sp³-hybridized carbons (Fsp3) is 0.333. The molecule has 1 aliphatic heterocycles. The summed E-state index contributed by atoms with van der Waals surface area (Å²) in [7, 11) is -1.54. The Hall–Kier alpha value is -2.23. The zero-order valence-electron chi connectivity index (χ0n) is 14.9. The zero-order chi connectivity index (χ0) is 19.6. The lowest BCUT2D eigenvalue weighted by atomic mass is 10.1. The van der Waals surface area contributed by atoms with Crippen molar-refractivity contribution in [2.24, 2.45) is 0 Å². The summed E-state index contributed by atoms with van der Waals surface area (Å²) in [4.78, 5) is 24.7. The van der Waals surface area contributed by atoms with Crippen LogP contribution >= 0.6 is 11.3 Å². The second-order valence-corrected chi connectivity index (χ2v) is 8.89. The summed E-state index contributed by atoms with van der Waals surface area (Å²) in [6, 6.07) is 7.27. The second kappa shape index (κ2) is 7.79. The Kier molecular flexibility index (Phi) is 5.64. The minimum atomic E-state index is -3.92. The molecule has 0 aliphatic carbocycles. The quantitative estimate of drug-likeness (QED) is 0.706. The van der Waals surface area contributed by atoms with E-state index in [1.807, 2.05) is 17.5 Å². The molecule has 1 fully saturated rings. The van der Waals surface area contributed by atoms with Crippen LogP contribution < -0.4 is 0 Å². The molecule has 2 heterocycles. The summed E-state index contributed by atoms with van der Waals surface area (Å²) in [6.45, 7) is 0.376. The predicted octanol–water partition coefficient (Wildman–Crippen LogP) is 2.85. The number of carbonyl (C=O) groups excluding carboxylic acids is 2. The van der Waals surface area contributed by atoms with E-state index in [1.54, 1.807) is 0 Å². The van der Waals surface area contributed by atoms with Crippen molar-refractivity contribution in [1.82, 2.24) is 4.31 Å². The maximum Gasteiger partial charge on any atom is 0.337 e. The standard InChI is InChI=1S/C18H19NO6S2/c1-24-17(20)12-9-13(18(21)25-2)11-14(10-12)27(22,23)19-7-3-5-15(19)16-6-4-8-26-16/h4,6,8-11,15H,3,5,7H2,1-2H3. The zero-order valence-corrected chi connectivity index (χ0v) is 16.5. The van der Waals surface area contributed by atoms with Gasteiger partial charge in [0, 0.05) is 11.4 Å². The number of hydrogen-bond donors (Lipinski definition) is 0. The molecule has 1 saturated heterocycles. The Bertz CT molecular complexity index is 918. The minimum absolute atomic E-state index is 0.0224. The molecule has 0 radical (unpaired) electrons. The van der Waals surface area contributed by atoms with Crippen molar-refractivity contribution < 1.29 is 27.5 Å². The van der Waals surface area contributed by atoms with Gasteiger partial charge >= 0.3 is 11.9 Å². The van der Waals surface area contributed by atoms with E-state index >= 15 is 0 Å². The first-order valence-corrected chi connectivity index (χ1v) is 10.6. The van der Waals surface area contributed by atoms with Crippen LogP contribution in [0.1, 0.15) is 44.5 Å². The molecule has 0 N–H and O–H groups in total. The highest BCUT2D eigenvalue weighted by atomic mass is 32.2. The van der Waals surface area contributed by atoms with Crippen molar-refractivity contribution in [3.63, 3.8) is 0 Å². The monoisotopic (exact) mass is 409 g/mol. The Morgan fingerprint density at radius 1 is 1.11 bits per heavy atom. The number of hydrogen-bond acceptors (Lipinski definition) is 7. The third-order valence-corrected chi connectivity index (χ3v) is 7.29. The summed E-state index contributed by atoms with van der Waals surface area (Å²) in [5.41, 5.74) is -0.0447. The molecule has 0 bridgehead atoms. The Morgan fingerprint density at radius 3 is 2.26 bits per heavy atom. The van der Waals surface area contributed by atoms with Crippen molar-refractivity contribution in [3.05, 3.63) is 51.7 Å². The van der Waals surface area contributed by atoms with Crippen LogP contribution in [-0.2, 0) is 19.5 Å². The number of rotatable bonds is 5. The number of thiophene rings is 1. The number of carbonyl (C=O) groups is 2. The van der Waals surface area contributed by atoms with Crippen LogP contribution in [0.5, 0.6) is 0 Å². The van der Waals surface area contributed by atoms with Gasteiger partial charge in [0.25, 0.3) is 0 Å². The number of benzene rings is 1. The number of nitrogens with zero attached hydrogens (tertiary/aromatic N) is 1. The van der Waals surface area contributed by atoms with E-state index in [-0.39, 0.29) is 22.1 Å². The molecule has 27 heavy (non-hydrogen) atoms. The van der Waals surface area contributed by atoms with E-state index in [0.29, 0.717) is 6.54 Å². The maximum absolute atomic E-state index is 13.3. The smallest absolute Gasteiger partial charge is 0.337 e. The summed E-state index contributed by atoms with van der Waals surface area (Å²) < 4.78 is 37.4.